The summed E-state index contributed by atoms with van der Waals surface area (Å²) in [6.45, 7) is 6.17. The van der Waals surface area contributed by atoms with Crippen molar-refractivity contribution in [3.05, 3.63) is 42.7 Å². The van der Waals surface area contributed by atoms with E-state index in [0.29, 0.717) is 18.1 Å². The average molecular weight is 516 g/mol. The smallest absolute Gasteiger partial charge is 0.475 e. The molecule has 0 amide bonds. The number of nitrogens with one attached hydrogen (secondary N) is 1. The summed E-state index contributed by atoms with van der Waals surface area (Å²) in [4.78, 5) is 25.3. The molecule has 1 fully saturated rings. The third kappa shape index (κ3) is 5.16. The Balaban J connectivity index is 0.000000405. The van der Waals surface area contributed by atoms with Crippen LogP contribution >= 0.6 is 0 Å². The number of nitriles is 1. The first-order chi connectivity index (χ1) is 17.3. The van der Waals surface area contributed by atoms with Crippen LogP contribution in [0.5, 0.6) is 0 Å². The monoisotopic (exact) mass is 516 g/mol. The zero-order valence-electron chi connectivity index (χ0n) is 20.1. The summed E-state index contributed by atoms with van der Waals surface area (Å²) in [6, 6.07) is 4.28. The molecule has 0 aromatic carbocycles. The molecule has 0 bridgehead atoms. The van der Waals surface area contributed by atoms with Crippen LogP contribution in [0.3, 0.4) is 0 Å². The number of carboxylic acid groups (broad SMARTS) is 1. The van der Waals surface area contributed by atoms with Crippen LogP contribution in [0.2, 0.25) is 0 Å². The molecule has 0 aliphatic heterocycles. The van der Waals surface area contributed by atoms with E-state index in [1.807, 2.05) is 23.1 Å². The summed E-state index contributed by atoms with van der Waals surface area (Å²) in [7, 11) is 0. The van der Waals surface area contributed by atoms with E-state index < -0.39 is 12.1 Å². The van der Waals surface area contributed by atoms with Gasteiger partial charge in [-0.05, 0) is 18.9 Å². The highest BCUT2D eigenvalue weighted by molar-refractivity contribution is 5.90. The molecule has 4 aromatic heterocycles. The zero-order valence-corrected chi connectivity index (χ0v) is 20.1. The van der Waals surface area contributed by atoms with Gasteiger partial charge in [-0.1, -0.05) is 25.9 Å². The minimum atomic E-state index is -5.08. The van der Waals surface area contributed by atoms with E-state index in [1.165, 1.54) is 6.33 Å². The second-order valence-corrected chi connectivity index (χ2v) is 9.81. The summed E-state index contributed by atoms with van der Waals surface area (Å²) in [5, 5.41) is 26.3. The van der Waals surface area contributed by atoms with Crippen molar-refractivity contribution in [3.8, 4) is 17.3 Å². The number of aliphatic carboxylic acids is 1. The molecule has 4 heterocycles. The molecule has 0 spiro atoms. The second kappa shape index (κ2) is 9.30. The van der Waals surface area contributed by atoms with E-state index >= 15 is 0 Å². The number of rotatable bonds is 4. The Morgan fingerprint density at radius 2 is 2.03 bits per heavy atom. The molecule has 4 aromatic rings. The van der Waals surface area contributed by atoms with Gasteiger partial charge in [0.2, 0.25) is 5.89 Å². The SMILES string of the molecule is CC(C)(C)c1noc([C@H]2C[C@@](CC#N)(n3cc(-c4ncnc5[nH]ccc45)cn3)C2)n1.O=C(O)C(F)(F)F. The van der Waals surface area contributed by atoms with Gasteiger partial charge in [0, 0.05) is 34.7 Å². The van der Waals surface area contributed by atoms with Crippen molar-refractivity contribution in [1.29, 1.82) is 5.26 Å². The van der Waals surface area contributed by atoms with Gasteiger partial charge >= 0.3 is 12.1 Å². The van der Waals surface area contributed by atoms with E-state index in [1.54, 1.807) is 6.20 Å². The number of hydrogen-bond acceptors (Lipinski definition) is 8. The summed E-state index contributed by atoms with van der Waals surface area (Å²) < 4.78 is 39.2. The van der Waals surface area contributed by atoms with Gasteiger partial charge in [-0.25, -0.2) is 14.8 Å². The lowest BCUT2D eigenvalue weighted by Gasteiger charge is -2.45. The number of carboxylic acids is 1. The van der Waals surface area contributed by atoms with Gasteiger partial charge in [-0.2, -0.15) is 28.5 Å². The number of halogens is 3. The van der Waals surface area contributed by atoms with Crippen molar-refractivity contribution >= 4 is 17.0 Å². The topological polar surface area (TPSA) is 159 Å². The lowest BCUT2D eigenvalue weighted by Crippen LogP contribution is -2.45. The van der Waals surface area contributed by atoms with Crippen molar-refractivity contribution in [1.82, 2.24) is 34.9 Å². The maximum absolute atomic E-state index is 10.6. The highest BCUT2D eigenvalue weighted by Gasteiger charge is 2.49. The molecule has 2 N–H and O–H groups in total. The van der Waals surface area contributed by atoms with Crippen molar-refractivity contribution in [2.75, 3.05) is 0 Å². The van der Waals surface area contributed by atoms with E-state index in [2.05, 4.69) is 57.0 Å². The highest BCUT2D eigenvalue weighted by atomic mass is 19.4. The fraction of sp³-hybridized carbons (Fsp3) is 0.435. The molecule has 11 nitrogen and oxygen atoms in total. The fourth-order valence-electron chi connectivity index (χ4n) is 4.10. The Morgan fingerprint density at radius 1 is 1.32 bits per heavy atom. The van der Waals surface area contributed by atoms with Crippen molar-refractivity contribution < 1.29 is 27.6 Å². The zero-order chi connectivity index (χ0) is 27.0. The lowest BCUT2D eigenvalue weighted by atomic mass is 9.66. The van der Waals surface area contributed by atoms with Crippen LogP contribution in [0.25, 0.3) is 22.3 Å². The molecule has 1 aliphatic rings. The highest BCUT2D eigenvalue weighted by Crippen LogP contribution is 2.51. The second-order valence-electron chi connectivity index (χ2n) is 9.81. The Bertz CT molecular complexity index is 1450. The Morgan fingerprint density at radius 3 is 2.62 bits per heavy atom. The lowest BCUT2D eigenvalue weighted by molar-refractivity contribution is -0.192. The van der Waals surface area contributed by atoms with Crippen LogP contribution in [0, 0.1) is 11.3 Å². The summed E-state index contributed by atoms with van der Waals surface area (Å²) in [5.41, 5.74) is 1.97. The molecule has 1 saturated carbocycles. The van der Waals surface area contributed by atoms with Gasteiger partial charge in [0.1, 0.15) is 12.0 Å². The molecule has 0 unspecified atom stereocenters. The van der Waals surface area contributed by atoms with E-state index in [4.69, 9.17) is 14.4 Å². The number of H-pyrrole nitrogens is 1. The molecule has 14 heteroatoms. The van der Waals surface area contributed by atoms with Crippen LogP contribution in [0.1, 0.15) is 57.7 Å². The number of alkyl halides is 3. The number of hydrogen-bond donors (Lipinski definition) is 2. The third-order valence-corrected chi connectivity index (χ3v) is 6.06. The summed E-state index contributed by atoms with van der Waals surface area (Å²) in [5.74, 6) is -1.28. The first-order valence-electron chi connectivity index (χ1n) is 11.2. The fourth-order valence-corrected chi connectivity index (χ4v) is 4.10. The van der Waals surface area contributed by atoms with Gasteiger partial charge in [0.15, 0.2) is 5.82 Å². The Hall–Kier alpha value is -4.28. The maximum atomic E-state index is 10.6. The van der Waals surface area contributed by atoms with Gasteiger partial charge in [0.05, 0.1) is 29.9 Å². The minimum Gasteiger partial charge on any atom is -0.475 e. The van der Waals surface area contributed by atoms with Crippen LogP contribution in [-0.2, 0) is 15.7 Å². The quantitative estimate of drug-likeness (QED) is 0.403. The number of nitrogens with zero attached hydrogens (tertiary/aromatic N) is 7. The van der Waals surface area contributed by atoms with E-state index in [0.717, 1.165) is 35.1 Å². The number of aromatic nitrogens is 7. The largest absolute Gasteiger partial charge is 0.490 e. The molecule has 5 rings (SSSR count). The van der Waals surface area contributed by atoms with Gasteiger partial charge in [0.25, 0.3) is 0 Å². The predicted octanol–water partition coefficient (Wildman–Crippen LogP) is 4.32. The first-order valence-corrected chi connectivity index (χ1v) is 11.2. The third-order valence-electron chi connectivity index (χ3n) is 6.06. The molecule has 194 valence electrons. The van der Waals surface area contributed by atoms with Crippen LogP contribution in [0.4, 0.5) is 13.2 Å². The molecule has 0 atom stereocenters. The van der Waals surface area contributed by atoms with E-state index in [9.17, 15) is 18.4 Å². The molecule has 1 aliphatic carbocycles. The number of carbonyl (C=O) groups is 1. The molecular weight excluding hydrogens is 493 g/mol. The van der Waals surface area contributed by atoms with Crippen molar-refractivity contribution in [2.45, 2.75) is 63.1 Å². The molecular formula is C23H23F3N8O3. The Labute approximate surface area is 208 Å². The van der Waals surface area contributed by atoms with Crippen LogP contribution < -0.4 is 0 Å². The summed E-state index contributed by atoms with van der Waals surface area (Å²) in [6.07, 6.45) is 3.90. The van der Waals surface area contributed by atoms with Crippen LogP contribution in [0.15, 0.2) is 35.5 Å². The van der Waals surface area contributed by atoms with Gasteiger partial charge in [-0.15, -0.1) is 0 Å². The predicted molar refractivity (Wildman–Crippen MR) is 122 cm³/mol. The molecule has 0 radical (unpaired) electrons. The molecule has 37 heavy (non-hydrogen) atoms. The minimum absolute atomic E-state index is 0.130. The number of aromatic amines is 1. The van der Waals surface area contributed by atoms with Gasteiger partial charge < -0.3 is 14.6 Å². The van der Waals surface area contributed by atoms with Crippen LogP contribution in [-0.4, -0.2) is 52.1 Å². The van der Waals surface area contributed by atoms with Crippen molar-refractivity contribution in [3.63, 3.8) is 0 Å². The maximum Gasteiger partial charge on any atom is 0.490 e. The normalized spacial score (nSPS) is 19.5. The molecule has 0 saturated heterocycles. The standard InChI is InChI=1S/C21H22N8O.C2HF3O2/c1-20(2,3)19-27-18(30-28-19)13-8-21(9-13,5-6-22)29-11-14(10-26-29)16-15-4-7-23-17(15)25-12-24-16;3-2(4,5)1(6)7/h4,7,10-13H,5,8-9H2,1-3H3,(H,23,24,25);(H,6,7)/t13-,21+;. The summed E-state index contributed by atoms with van der Waals surface area (Å²) >= 11 is 0. The van der Waals surface area contributed by atoms with E-state index in [-0.39, 0.29) is 16.9 Å². The van der Waals surface area contributed by atoms with Crippen molar-refractivity contribution in [2.24, 2.45) is 0 Å². The average Bonchev–Trinajstić information content (AvgIpc) is 3.55. The number of fused-ring (bicyclic) bond motifs is 1. The Kier molecular flexibility index (Phi) is 6.49. The first kappa shape index (κ1) is 25.8. The van der Waals surface area contributed by atoms with Gasteiger partial charge in [-0.3, -0.25) is 4.68 Å².